The van der Waals surface area contributed by atoms with Crippen molar-refractivity contribution in [1.29, 1.82) is 0 Å². The first kappa shape index (κ1) is 17.9. The fraction of sp³-hybridized carbons (Fsp3) is 0.812. The molecular formula is C16H28N4O3. The molecule has 2 aliphatic carbocycles. The molecule has 3 N–H and O–H groups in total. The van der Waals surface area contributed by atoms with Crippen molar-refractivity contribution in [3.63, 3.8) is 0 Å². The number of nitrogens with zero attached hydrogens (tertiary/aromatic N) is 1. The van der Waals surface area contributed by atoms with Crippen molar-refractivity contribution in [3.05, 3.63) is 0 Å². The molecule has 1 atom stereocenters. The number of carbonyl (C=O) groups excluding carboxylic acids is 3. The van der Waals surface area contributed by atoms with Gasteiger partial charge in [0, 0.05) is 18.1 Å². The van der Waals surface area contributed by atoms with Crippen molar-refractivity contribution in [2.45, 2.75) is 64.1 Å². The zero-order valence-corrected chi connectivity index (χ0v) is 14.1. The molecule has 0 radical (unpaired) electrons. The van der Waals surface area contributed by atoms with Crippen molar-refractivity contribution >= 4 is 17.7 Å². The summed E-state index contributed by atoms with van der Waals surface area (Å²) < 4.78 is 0. The number of amides is 3. The van der Waals surface area contributed by atoms with Gasteiger partial charge in [0.15, 0.2) is 0 Å². The quantitative estimate of drug-likeness (QED) is 0.516. The minimum atomic E-state index is -0.334. The van der Waals surface area contributed by atoms with Gasteiger partial charge in [-0.1, -0.05) is 6.92 Å². The number of nitrogens with one attached hydrogen (secondary N) is 3. The Morgan fingerprint density at radius 1 is 1.00 bits per heavy atom. The summed E-state index contributed by atoms with van der Waals surface area (Å²) in [6.45, 7) is 3.88. The Bertz CT molecular complexity index is 419. The van der Waals surface area contributed by atoms with Crippen LogP contribution in [0.3, 0.4) is 0 Å². The second kappa shape index (κ2) is 8.40. The van der Waals surface area contributed by atoms with Gasteiger partial charge in [-0.3, -0.25) is 19.3 Å². The second-order valence-corrected chi connectivity index (χ2v) is 6.56. The van der Waals surface area contributed by atoms with Gasteiger partial charge in [-0.25, -0.2) is 0 Å². The van der Waals surface area contributed by atoms with Gasteiger partial charge >= 0.3 is 0 Å². The molecule has 0 aromatic rings. The first-order chi connectivity index (χ1) is 11.0. The van der Waals surface area contributed by atoms with Crippen LogP contribution in [-0.2, 0) is 14.4 Å². The van der Waals surface area contributed by atoms with E-state index in [1.165, 1.54) is 0 Å². The van der Waals surface area contributed by atoms with Gasteiger partial charge in [0.05, 0.1) is 13.1 Å². The van der Waals surface area contributed by atoms with Gasteiger partial charge in [0.1, 0.15) is 6.54 Å². The third-order valence-electron chi connectivity index (χ3n) is 4.16. The summed E-state index contributed by atoms with van der Waals surface area (Å²) in [4.78, 5) is 37.7. The predicted octanol–water partition coefficient (Wildman–Crippen LogP) is -0.240. The van der Waals surface area contributed by atoms with Crippen LogP contribution in [0.5, 0.6) is 0 Å². The van der Waals surface area contributed by atoms with Crippen molar-refractivity contribution in [1.82, 2.24) is 20.9 Å². The molecule has 7 nitrogen and oxygen atoms in total. The van der Waals surface area contributed by atoms with Gasteiger partial charge < -0.3 is 16.0 Å². The van der Waals surface area contributed by atoms with Crippen molar-refractivity contribution < 1.29 is 14.4 Å². The Morgan fingerprint density at radius 3 is 1.87 bits per heavy atom. The van der Waals surface area contributed by atoms with E-state index in [1.807, 2.05) is 13.8 Å². The second-order valence-electron chi connectivity index (χ2n) is 6.56. The van der Waals surface area contributed by atoms with E-state index in [0.717, 1.165) is 37.0 Å². The van der Waals surface area contributed by atoms with Gasteiger partial charge in [-0.2, -0.15) is 0 Å². The monoisotopic (exact) mass is 324 g/mol. The minimum absolute atomic E-state index is 0.0312. The van der Waals surface area contributed by atoms with Crippen molar-refractivity contribution in [3.8, 4) is 0 Å². The summed E-state index contributed by atoms with van der Waals surface area (Å²) in [6.07, 6.45) is 5.08. The molecule has 3 amide bonds. The predicted molar refractivity (Wildman–Crippen MR) is 86.7 cm³/mol. The van der Waals surface area contributed by atoms with Crippen molar-refractivity contribution in [2.75, 3.05) is 19.6 Å². The van der Waals surface area contributed by atoms with Gasteiger partial charge in [-0.05, 0) is 39.0 Å². The number of hydrogen-bond donors (Lipinski definition) is 3. The summed E-state index contributed by atoms with van der Waals surface area (Å²) >= 11 is 0. The molecule has 2 aliphatic rings. The third-order valence-corrected chi connectivity index (χ3v) is 4.16. The van der Waals surface area contributed by atoms with Crippen molar-refractivity contribution in [2.24, 2.45) is 0 Å². The maximum atomic E-state index is 12.3. The Hall–Kier alpha value is -1.47. The average Bonchev–Trinajstić information content (AvgIpc) is 3.41. The van der Waals surface area contributed by atoms with E-state index < -0.39 is 0 Å². The highest BCUT2D eigenvalue weighted by atomic mass is 16.2. The molecule has 0 aromatic heterocycles. The van der Waals surface area contributed by atoms with Crippen LogP contribution in [0.2, 0.25) is 0 Å². The van der Waals surface area contributed by atoms with E-state index in [-0.39, 0.29) is 43.4 Å². The highest BCUT2D eigenvalue weighted by Gasteiger charge is 2.28. The highest BCUT2D eigenvalue weighted by Crippen LogP contribution is 2.19. The average molecular weight is 324 g/mol. The lowest BCUT2D eigenvalue weighted by Crippen LogP contribution is -2.51. The number of hydrogen-bond acceptors (Lipinski definition) is 5. The Kier molecular flexibility index (Phi) is 6.53. The third kappa shape index (κ3) is 6.66. The molecule has 0 bridgehead atoms. The molecule has 2 saturated carbocycles. The van der Waals surface area contributed by atoms with Crippen LogP contribution in [0.4, 0.5) is 0 Å². The van der Waals surface area contributed by atoms with Crippen LogP contribution >= 0.6 is 0 Å². The smallest absolute Gasteiger partial charge is 0.243 e. The molecule has 0 unspecified atom stereocenters. The zero-order chi connectivity index (χ0) is 16.8. The summed E-state index contributed by atoms with van der Waals surface area (Å²) in [7, 11) is 0. The zero-order valence-electron chi connectivity index (χ0n) is 14.1. The van der Waals surface area contributed by atoms with E-state index in [4.69, 9.17) is 0 Å². The lowest BCUT2D eigenvalue weighted by atomic mass is 10.2. The molecule has 0 spiro atoms. The first-order valence-electron chi connectivity index (χ1n) is 8.59. The van der Waals surface area contributed by atoms with Gasteiger partial charge in [0.2, 0.25) is 17.7 Å². The Balaban J connectivity index is 1.86. The highest BCUT2D eigenvalue weighted by molar-refractivity contribution is 6.00. The van der Waals surface area contributed by atoms with E-state index in [1.54, 1.807) is 0 Å². The van der Waals surface area contributed by atoms with Crippen LogP contribution in [0.1, 0.15) is 46.0 Å². The maximum absolute atomic E-state index is 12.3. The molecule has 0 heterocycles. The molecule has 130 valence electrons. The molecule has 7 heteroatoms. The first-order valence-corrected chi connectivity index (χ1v) is 8.59. The fourth-order valence-electron chi connectivity index (χ4n) is 2.11. The van der Waals surface area contributed by atoms with Crippen LogP contribution in [0.15, 0.2) is 0 Å². The van der Waals surface area contributed by atoms with Gasteiger partial charge in [-0.15, -0.1) is 0 Å². The topological polar surface area (TPSA) is 90.5 Å². The molecule has 0 aliphatic heterocycles. The van der Waals surface area contributed by atoms with E-state index in [2.05, 4.69) is 16.0 Å². The number of rotatable bonds is 10. The largest absolute Gasteiger partial charge is 0.352 e. The SMILES string of the molecule is CC[C@H](C)NC(=O)CN(C(=O)CNC1CC1)C(=O)CNC1CC1. The Labute approximate surface area is 137 Å². The van der Waals surface area contributed by atoms with Crippen LogP contribution < -0.4 is 16.0 Å². The standard InChI is InChI=1S/C16H28N4O3/c1-3-11(2)19-14(21)10-20(15(22)8-17-12-4-5-12)16(23)9-18-13-6-7-13/h11-13,17-18H,3-10H2,1-2H3,(H,19,21)/t11-/m0/s1. The lowest BCUT2D eigenvalue weighted by Gasteiger charge is -2.22. The molecule has 0 aromatic carbocycles. The van der Waals surface area contributed by atoms with E-state index >= 15 is 0 Å². The molecular weight excluding hydrogens is 296 g/mol. The van der Waals surface area contributed by atoms with E-state index in [0.29, 0.717) is 12.1 Å². The lowest BCUT2D eigenvalue weighted by molar-refractivity contribution is -0.147. The van der Waals surface area contributed by atoms with Crippen LogP contribution in [0.25, 0.3) is 0 Å². The number of carbonyl (C=O) groups is 3. The summed E-state index contributed by atoms with van der Waals surface area (Å²) in [6, 6.07) is 0.799. The van der Waals surface area contributed by atoms with Crippen LogP contribution in [-0.4, -0.2) is 60.4 Å². The molecule has 0 saturated heterocycles. The minimum Gasteiger partial charge on any atom is -0.352 e. The van der Waals surface area contributed by atoms with Gasteiger partial charge in [0.25, 0.3) is 0 Å². The maximum Gasteiger partial charge on any atom is 0.243 e. The molecule has 2 fully saturated rings. The van der Waals surface area contributed by atoms with E-state index in [9.17, 15) is 14.4 Å². The summed E-state index contributed by atoms with van der Waals surface area (Å²) in [5.74, 6) is -0.962. The number of imide groups is 1. The molecule has 23 heavy (non-hydrogen) atoms. The molecule has 2 rings (SSSR count). The normalized spacial score (nSPS) is 18.3. The van der Waals surface area contributed by atoms with Crippen LogP contribution in [0, 0.1) is 0 Å². The fourth-order valence-corrected chi connectivity index (χ4v) is 2.11. The summed E-state index contributed by atoms with van der Waals surface area (Å²) in [5, 5.41) is 9.00. The Morgan fingerprint density at radius 2 is 1.48 bits per heavy atom. The summed E-state index contributed by atoms with van der Waals surface area (Å²) in [5.41, 5.74) is 0.